The smallest absolute Gasteiger partial charge is 0.210 e. The third-order valence-corrected chi connectivity index (χ3v) is 5.51. The van der Waals surface area contributed by atoms with Gasteiger partial charge in [0.1, 0.15) is 0 Å². The van der Waals surface area contributed by atoms with Gasteiger partial charge in [-0.15, -0.1) is 0 Å². The molecule has 2 aromatic rings. The van der Waals surface area contributed by atoms with Crippen molar-refractivity contribution in [2.45, 2.75) is 37.6 Å². The highest BCUT2D eigenvalue weighted by Gasteiger charge is 2.40. The molecule has 0 spiro atoms. The Labute approximate surface area is 155 Å². The number of carbonyl (C=O) groups is 1. The van der Waals surface area contributed by atoms with Crippen LogP contribution in [-0.2, 0) is 16.8 Å². The molecule has 0 heterocycles. The Bertz CT molecular complexity index is 723. The summed E-state index contributed by atoms with van der Waals surface area (Å²) >= 11 is 0. The van der Waals surface area contributed by atoms with Crippen molar-refractivity contribution in [3.63, 3.8) is 0 Å². The third kappa shape index (κ3) is 3.55. The maximum Gasteiger partial charge on any atom is 0.210 e. The molecule has 0 unspecified atom stereocenters. The lowest BCUT2D eigenvalue weighted by Gasteiger charge is -2.39. The van der Waals surface area contributed by atoms with E-state index in [1.807, 2.05) is 29.2 Å². The number of ether oxygens (including phenoxy) is 2. The minimum Gasteiger partial charge on any atom is -0.493 e. The Morgan fingerprint density at radius 3 is 2.31 bits per heavy atom. The fourth-order valence-electron chi connectivity index (χ4n) is 4.10. The highest BCUT2D eigenvalue weighted by Crippen LogP contribution is 2.43. The standard InChI is InChI=1S/C22H27NO3/c1-25-20-11-10-18(16-21(20)26-2)12-15-23(17-24)22(13-6-7-14-22)19-8-4-3-5-9-19/h3-5,8-11,16-17H,6-7,12-15H2,1-2H3. The molecule has 0 atom stereocenters. The zero-order valence-corrected chi connectivity index (χ0v) is 15.6. The van der Waals surface area contributed by atoms with Gasteiger partial charge in [0.2, 0.25) is 6.41 Å². The molecule has 0 radical (unpaired) electrons. The summed E-state index contributed by atoms with van der Waals surface area (Å²) in [5, 5.41) is 0. The van der Waals surface area contributed by atoms with E-state index >= 15 is 0 Å². The van der Waals surface area contributed by atoms with E-state index in [0.29, 0.717) is 6.54 Å². The van der Waals surface area contributed by atoms with E-state index in [2.05, 4.69) is 24.3 Å². The second kappa shape index (κ2) is 8.26. The number of benzene rings is 2. The SMILES string of the molecule is COc1ccc(CCN(C=O)C2(c3ccccc3)CCCC2)cc1OC. The first-order valence-corrected chi connectivity index (χ1v) is 9.22. The fourth-order valence-corrected chi connectivity index (χ4v) is 4.10. The molecular weight excluding hydrogens is 326 g/mol. The molecule has 0 aromatic heterocycles. The summed E-state index contributed by atoms with van der Waals surface area (Å²) in [4.78, 5) is 14.0. The summed E-state index contributed by atoms with van der Waals surface area (Å²) in [5.41, 5.74) is 2.21. The molecule has 1 amide bonds. The predicted molar refractivity (Wildman–Crippen MR) is 103 cm³/mol. The van der Waals surface area contributed by atoms with Crippen molar-refractivity contribution in [2.75, 3.05) is 20.8 Å². The molecule has 2 aromatic carbocycles. The number of hydrogen-bond donors (Lipinski definition) is 0. The summed E-state index contributed by atoms with van der Waals surface area (Å²) in [6, 6.07) is 16.4. The molecule has 4 nitrogen and oxygen atoms in total. The number of nitrogens with zero attached hydrogens (tertiary/aromatic N) is 1. The largest absolute Gasteiger partial charge is 0.493 e. The van der Waals surface area contributed by atoms with Crippen LogP contribution in [-0.4, -0.2) is 32.1 Å². The summed E-state index contributed by atoms with van der Waals surface area (Å²) in [6.07, 6.45) is 6.20. The normalized spacial score (nSPS) is 15.5. The minimum atomic E-state index is -0.167. The van der Waals surface area contributed by atoms with Gasteiger partial charge in [-0.1, -0.05) is 49.2 Å². The van der Waals surface area contributed by atoms with E-state index in [0.717, 1.165) is 55.6 Å². The zero-order valence-electron chi connectivity index (χ0n) is 15.6. The highest BCUT2D eigenvalue weighted by molar-refractivity contribution is 5.51. The molecule has 1 aliphatic carbocycles. The molecule has 1 aliphatic rings. The van der Waals surface area contributed by atoms with Gasteiger partial charge < -0.3 is 14.4 Å². The predicted octanol–water partition coefficient (Wildman–Crippen LogP) is 4.17. The molecule has 26 heavy (non-hydrogen) atoms. The second-order valence-electron chi connectivity index (χ2n) is 6.84. The number of amides is 1. The Morgan fingerprint density at radius 1 is 1.00 bits per heavy atom. The molecule has 0 saturated heterocycles. The second-order valence-corrected chi connectivity index (χ2v) is 6.84. The molecule has 4 heteroatoms. The number of carbonyl (C=O) groups excluding carboxylic acids is 1. The average Bonchev–Trinajstić information content (AvgIpc) is 3.20. The van der Waals surface area contributed by atoms with Crippen LogP contribution in [0.25, 0.3) is 0 Å². The highest BCUT2D eigenvalue weighted by atomic mass is 16.5. The topological polar surface area (TPSA) is 38.8 Å². The molecule has 0 aliphatic heterocycles. The molecular formula is C22H27NO3. The average molecular weight is 353 g/mol. The monoisotopic (exact) mass is 353 g/mol. The van der Waals surface area contributed by atoms with E-state index in [9.17, 15) is 4.79 Å². The number of hydrogen-bond acceptors (Lipinski definition) is 3. The van der Waals surface area contributed by atoms with Gasteiger partial charge in [0.25, 0.3) is 0 Å². The van der Waals surface area contributed by atoms with Gasteiger partial charge in [-0.2, -0.15) is 0 Å². The van der Waals surface area contributed by atoms with E-state index in [-0.39, 0.29) is 5.54 Å². The maximum absolute atomic E-state index is 12.0. The summed E-state index contributed by atoms with van der Waals surface area (Å²) in [5.74, 6) is 1.45. The van der Waals surface area contributed by atoms with Crippen molar-refractivity contribution in [1.82, 2.24) is 4.90 Å². The van der Waals surface area contributed by atoms with Gasteiger partial charge in [-0.25, -0.2) is 0 Å². The van der Waals surface area contributed by atoms with Crippen LogP contribution in [0.1, 0.15) is 36.8 Å². The van der Waals surface area contributed by atoms with Gasteiger partial charge in [0.15, 0.2) is 11.5 Å². The molecule has 1 fully saturated rings. The molecule has 138 valence electrons. The van der Waals surface area contributed by atoms with Crippen LogP contribution < -0.4 is 9.47 Å². The van der Waals surface area contributed by atoms with Crippen LogP contribution in [0.4, 0.5) is 0 Å². The first-order chi connectivity index (χ1) is 12.7. The quantitative estimate of drug-likeness (QED) is 0.669. The van der Waals surface area contributed by atoms with E-state index in [1.54, 1.807) is 14.2 Å². The summed E-state index contributed by atoms with van der Waals surface area (Å²) in [7, 11) is 3.28. The van der Waals surface area contributed by atoms with Crippen LogP contribution >= 0.6 is 0 Å². The Morgan fingerprint density at radius 2 is 1.69 bits per heavy atom. The van der Waals surface area contributed by atoms with Crippen molar-refractivity contribution in [3.05, 3.63) is 59.7 Å². The molecule has 3 rings (SSSR count). The first-order valence-electron chi connectivity index (χ1n) is 9.22. The first kappa shape index (κ1) is 18.3. The van der Waals surface area contributed by atoms with Crippen LogP contribution in [0.5, 0.6) is 11.5 Å². The van der Waals surface area contributed by atoms with E-state index in [4.69, 9.17) is 9.47 Å². The van der Waals surface area contributed by atoms with Gasteiger partial charge in [0, 0.05) is 6.54 Å². The Kier molecular flexibility index (Phi) is 5.82. The van der Waals surface area contributed by atoms with Crippen LogP contribution in [0.2, 0.25) is 0 Å². The number of methoxy groups -OCH3 is 2. The van der Waals surface area contributed by atoms with Crippen molar-refractivity contribution in [3.8, 4) is 11.5 Å². The number of rotatable bonds is 8. The van der Waals surface area contributed by atoms with Crippen molar-refractivity contribution >= 4 is 6.41 Å². The van der Waals surface area contributed by atoms with Gasteiger partial charge in [-0.3, -0.25) is 4.79 Å². The maximum atomic E-state index is 12.0. The van der Waals surface area contributed by atoms with Crippen LogP contribution in [0.15, 0.2) is 48.5 Å². The minimum absolute atomic E-state index is 0.167. The van der Waals surface area contributed by atoms with Gasteiger partial charge in [0.05, 0.1) is 19.8 Å². The third-order valence-electron chi connectivity index (χ3n) is 5.51. The van der Waals surface area contributed by atoms with Crippen molar-refractivity contribution in [2.24, 2.45) is 0 Å². The Hall–Kier alpha value is -2.49. The Balaban J connectivity index is 1.79. The molecule has 0 N–H and O–H groups in total. The summed E-state index contributed by atoms with van der Waals surface area (Å²) < 4.78 is 10.7. The zero-order chi connectivity index (χ0) is 18.4. The lowest BCUT2D eigenvalue weighted by molar-refractivity contribution is -0.124. The fraction of sp³-hybridized carbons (Fsp3) is 0.409. The summed E-state index contributed by atoms with van der Waals surface area (Å²) in [6.45, 7) is 0.688. The van der Waals surface area contributed by atoms with Crippen LogP contribution in [0, 0.1) is 0 Å². The van der Waals surface area contributed by atoms with Crippen molar-refractivity contribution < 1.29 is 14.3 Å². The lowest BCUT2D eigenvalue weighted by Crippen LogP contribution is -2.44. The van der Waals surface area contributed by atoms with Gasteiger partial charge >= 0.3 is 0 Å². The molecule has 0 bridgehead atoms. The van der Waals surface area contributed by atoms with Crippen molar-refractivity contribution in [1.29, 1.82) is 0 Å². The lowest BCUT2D eigenvalue weighted by atomic mass is 9.86. The van der Waals surface area contributed by atoms with Crippen LogP contribution in [0.3, 0.4) is 0 Å². The van der Waals surface area contributed by atoms with E-state index < -0.39 is 0 Å². The van der Waals surface area contributed by atoms with Gasteiger partial charge in [-0.05, 0) is 42.5 Å². The molecule has 1 saturated carbocycles. The van der Waals surface area contributed by atoms with E-state index in [1.165, 1.54) is 5.56 Å².